The molecule has 2 rings (SSSR count). The number of hydrogen-bond acceptors (Lipinski definition) is 5. The molecule has 3 N–H and O–H groups in total. The molecule has 1 aliphatic rings. The summed E-state index contributed by atoms with van der Waals surface area (Å²) < 4.78 is 5.06. The predicted molar refractivity (Wildman–Crippen MR) is 78.0 cm³/mol. The zero-order valence-electron chi connectivity index (χ0n) is 11.9. The Kier molecular flexibility index (Phi) is 4.42. The molecule has 0 saturated heterocycles. The largest absolute Gasteiger partial charge is 0.393 e. The number of nitrogens with zero attached hydrogens (tertiary/aromatic N) is 1. The normalized spacial score (nSPS) is 15.5. The van der Waals surface area contributed by atoms with Gasteiger partial charge in [-0.25, -0.2) is 0 Å². The van der Waals surface area contributed by atoms with Gasteiger partial charge in [-0.15, -0.1) is 0 Å². The van der Waals surface area contributed by atoms with Crippen LogP contribution >= 0.6 is 0 Å². The fourth-order valence-electron chi connectivity index (χ4n) is 2.32. The third kappa shape index (κ3) is 3.49. The van der Waals surface area contributed by atoms with Crippen LogP contribution in [0.3, 0.4) is 0 Å². The van der Waals surface area contributed by atoms with Crippen LogP contribution in [0.15, 0.2) is 18.2 Å². The Morgan fingerprint density at radius 3 is 2.81 bits per heavy atom. The van der Waals surface area contributed by atoms with Crippen LogP contribution in [0, 0.1) is 15.5 Å². The van der Waals surface area contributed by atoms with Gasteiger partial charge in [0.1, 0.15) is 11.3 Å². The van der Waals surface area contributed by atoms with Crippen molar-refractivity contribution in [2.45, 2.75) is 19.3 Å². The first-order valence-corrected chi connectivity index (χ1v) is 6.79. The molecule has 0 spiro atoms. The number of methoxy groups -OCH3 is 1. The monoisotopic (exact) mass is 293 g/mol. The summed E-state index contributed by atoms with van der Waals surface area (Å²) in [6.07, 6.45) is 2.95. The molecule has 1 aromatic carbocycles. The summed E-state index contributed by atoms with van der Waals surface area (Å²) >= 11 is 0. The Labute approximate surface area is 122 Å². The maximum Gasteiger partial charge on any atom is 0.304 e. The van der Waals surface area contributed by atoms with Crippen LogP contribution in [0.1, 0.15) is 29.6 Å². The lowest BCUT2D eigenvalue weighted by Gasteiger charge is -2.15. The molecule has 114 valence electrons. The number of anilines is 1. The van der Waals surface area contributed by atoms with Gasteiger partial charge in [0.2, 0.25) is 0 Å². The summed E-state index contributed by atoms with van der Waals surface area (Å²) in [6.45, 7) is 1.15. The Morgan fingerprint density at radius 1 is 1.52 bits per heavy atom. The highest BCUT2D eigenvalue weighted by Crippen LogP contribution is 2.48. The minimum absolute atomic E-state index is 0.00235. The van der Waals surface area contributed by atoms with Gasteiger partial charge in [-0.3, -0.25) is 14.9 Å². The smallest absolute Gasteiger partial charge is 0.304 e. The van der Waals surface area contributed by atoms with Crippen LogP contribution in [0.5, 0.6) is 0 Å². The van der Waals surface area contributed by atoms with Gasteiger partial charge in [-0.1, -0.05) is 6.07 Å². The molecular weight excluding hydrogens is 274 g/mol. The van der Waals surface area contributed by atoms with Crippen LogP contribution in [0.2, 0.25) is 0 Å². The van der Waals surface area contributed by atoms with Crippen LogP contribution < -0.4 is 11.1 Å². The molecule has 0 unspecified atom stereocenters. The number of carbonyl (C=O) groups is 1. The van der Waals surface area contributed by atoms with E-state index in [-0.39, 0.29) is 22.4 Å². The highest BCUT2D eigenvalue weighted by atomic mass is 16.6. The summed E-state index contributed by atoms with van der Waals surface area (Å²) in [4.78, 5) is 22.6. The Balaban J connectivity index is 2.05. The molecule has 1 aromatic rings. The highest BCUT2D eigenvalue weighted by Gasteiger charge is 2.42. The summed E-state index contributed by atoms with van der Waals surface area (Å²) in [5.41, 5.74) is 5.33. The van der Waals surface area contributed by atoms with E-state index in [1.54, 1.807) is 7.11 Å². The second kappa shape index (κ2) is 6.09. The summed E-state index contributed by atoms with van der Waals surface area (Å²) in [6, 6.07) is 4.36. The van der Waals surface area contributed by atoms with Crippen LogP contribution in [0.4, 0.5) is 11.4 Å². The minimum Gasteiger partial charge on any atom is -0.393 e. The lowest BCUT2D eigenvalue weighted by molar-refractivity contribution is -0.384. The van der Waals surface area contributed by atoms with E-state index in [4.69, 9.17) is 10.5 Å². The first-order valence-electron chi connectivity index (χ1n) is 6.79. The summed E-state index contributed by atoms with van der Waals surface area (Å²) in [7, 11) is 1.64. The van der Waals surface area contributed by atoms with Gasteiger partial charge >= 0.3 is 5.69 Å². The van der Waals surface area contributed by atoms with Gasteiger partial charge in [0.25, 0.3) is 5.91 Å². The lowest BCUT2D eigenvalue weighted by Crippen LogP contribution is -2.31. The molecule has 0 radical (unpaired) electrons. The molecule has 1 fully saturated rings. The lowest BCUT2D eigenvalue weighted by atomic mass is 10.0. The molecule has 1 amide bonds. The van der Waals surface area contributed by atoms with Gasteiger partial charge in [-0.2, -0.15) is 0 Å². The van der Waals surface area contributed by atoms with Crippen molar-refractivity contribution < 1.29 is 14.5 Å². The van der Waals surface area contributed by atoms with Crippen molar-refractivity contribution in [3.05, 3.63) is 33.9 Å². The van der Waals surface area contributed by atoms with Gasteiger partial charge in [0.15, 0.2) is 0 Å². The molecular formula is C14H19N3O4. The topological polar surface area (TPSA) is 107 Å². The molecule has 21 heavy (non-hydrogen) atoms. The van der Waals surface area contributed by atoms with E-state index in [1.807, 2.05) is 0 Å². The highest BCUT2D eigenvalue weighted by molar-refractivity contribution is 6.00. The van der Waals surface area contributed by atoms with Crippen LogP contribution in [-0.2, 0) is 4.74 Å². The molecule has 0 atom stereocenters. The molecule has 0 heterocycles. The van der Waals surface area contributed by atoms with Gasteiger partial charge in [-0.05, 0) is 36.8 Å². The number of nitro groups is 1. The van der Waals surface area contributed by atoms with E-state index < -0.39 is 10.8 Å². The summed E-state index contributed by atoms with van der Waals surface area (Å²) in [5.74, 6) is -0.460. The van der Waals surface area contributed by atoms with E-state index in [0.717, 1.165) is 19.3 Å². The van der Waals surface area contributed by atoms with Crippen molar-refractivity contribution in [2.75, 3.05) is 26.0 Å². The molecule has 7 nitrogen and oxygen atoms in total. The first kappa shape index (κ1) is 15.2. The number of hydrogen-bond donors (Lipinski definition) is 2. The number of nitro benzene ring substituents is 1. The second-order valence-electron chi connectivity index (χ2n) is 5.43. The second-order valence-corrected chi connectivity index (χ2v) is 5.43. The molecule has 7 heteroatoms. The zero-order chi connectivity index (χ0) is 15.5. The number of para-hydroxylation sites is 1. The van der Waals surface area contributed by atoms with E-state index in [1.165, 1.54) is 18.2 Å². The number of amides is 1. The first-order chi connectivity index (χ1) is 9.99. The summed E-state index contributed by atoms with van der Waals surface area (Å²) in [5, 5.41) is 13.8. The number of benzene rings is 1. The molecule has 1 saturated carbocycles. The number of nitrogen functional groups attached to an aromatic ring is 1. The van der Waals surface area contributed by atoms with Crippen molar-refractivity contribution in [1.29, 1.82) is 0 Å². The van der Waals surface area contributed by atoms with E-state index in [2.05, 4.69) is 5.32 Å². The maximum absolute atomic E-state index is 12.2. The average Bonchev–Trinajstić information content (AvgIpc) is 3.22. The van der Waals surface area contributed by atoms with E-state index in [0.29, 0.717) is 13.2 Å². The zero-order valence-corrected chi connectivity index (χ0v) is 11.9. The van der Waals surface area contributed by atoms with E-state index in [9.17, 15) is 14.9 Å². The average molecular weight is 293 g/mol. The molecule has 0 bridgehead atoms. The number of ether oxygens (including phenoxy) is 1. The third-order valence-electron chi connectivity index (χ3n) is 3.91. The fourth-order valence-corrected chi connectivity index (χ4v) is 2.32. The van der Waals surface area contributed by atoms with E-state index >= 15 is 0 Å². The van der Waals surface area contributed by atoms with Crippen molar-refractivity contribution in [1.82, 2.24) is 5.32 Å². The standard InChI is InChI=1S/C14H19N3O4/c1-21-8-7-14(5-6-14)9-16-13(18)10-3-2-4-11(15)12(10)17(19)20/h2-4H,5-9,15H2,1H3,(H,16,18). The quantitative estimate of drug-likeness (QED) is 0.452. The van der Waals surface area contributed by atoms with Crippen molar-refractivity contribution in [3.63, 3.8) is 0 Å². The van der Waals surface area contributed by atoms with Crippen molar-refractivity contribution in [3.8, 4) is 0 Å². The van der Waals surface area contributed by atoms with Gasteiger partial charge in [0.05, 0.1) is 4.92 Å². The number of nitrogens with two attached hydrogens (primary N) is 1. The SMILES string of the molecule is COCCC1(CNC(=O)c2cccc(N)c2[N+](=O)[O-])CC1. The maximum atomic E-state index is 12.2. The van der Waals surface area contributed by atoms with Gasteiger partial charge < -0.3 is 15.8 Å². The Bertz CT molecular complexity index is 555. The number of nitrogens with one attached hydrogen (secondary N) is 1. The van der Waals surface area contributed by atoms with Crippen molar-refractivity contribution in [2.24, 2.45) is 5.41 Å². The number of carbonyl (C=O) groups excluding carboxylic acids is 1. The minimum atomic E-state index is -0.623. The predicted octanol–water partition coefficient (Wildman–Crippen LogP) is 1.72. The Hall–Kier alpha value is -2.15. The third-order valence-corrected chi connectivity index (χ3v) is 3.91. The van der Waals surface area contributed by atoms with Gasteiger partial charge in [0, 0.05) is 20.3 Å². The molecule has 0 aromatic heterocycles. The fraction of sp³-hybridized carbons (Fsp3) is 0.500. The Morgan fingerprint density at radius 2 is 2.24 bits per heavy atom. The van der Waals surface area contributed by atoms with Crippen molar-refractivity contribution >= 4 is 17.3 Å². The number of rotatable bonds is 7. The van der Waals surface area contributed by atoms with Crippen LogP contribution in [-0.4, -0.2) is 31.1 Å². The van der Waals surface area contributed by atoms with Crippen LogP contribution in [0.25, 0.3) is 0 Å². The molecule has 1 aliphatic carbocycles. The molecule has 0 aliphatic heterocycles.